The molecule has 0 aliphatic heterocycles. The number of primary sulfonamides is 1. The molecule has 0 bridgehead atoms. The zero-order chi connectivity index (χ0) is 21.4. The van der Waals surface area contributed by atoms with Crippen LogP contribution in [0.1, 0.15) is 37.5 Å². The molecule has 0 saturated heterocycles. The molecular weight excluding hydrogens is 388 g/mol. The van der Waals surface area contributed by atoms with Crippen LogP contribution in [0, 0.1) is 6.92 Å². The molecule has 4 N–H and O–H groups in total. The van der Waals surface area contributed by atoms with Gasteiger partial charge in [-0.3, -0.25) is 0 Å². The standard InChI is InChI=1S/C21H30N4O3S/c1-5-23-21(24-13-17-7-10-19(11-8-17)29(22,26)27)25-14-18-9-6-16(4)12-20(18)28-15(2)3/h6-12,15H,5,13-14H2,1-4H3,(H2,22,26,27)(H2,23,24,25). The van der Waals surface area contributed by atoms with Gasteiger partial charge in [0, 0.05) is 18.7 Å². The van der Waals surface area contributed by atoms with Crippen molar-refractivity contribution in [3.8, 4) is 5.75 Å². The predicted octanol–water partition coefficient (Wildman–Crippen LogP) is 2.68. The third-order valence-electron chi connectivity index (χ3n) is 4.05. The second-order valence-corrected chi connectivity index (χ2v) is 8.58. The van der Waals surface area contributed by atoms with Crippen LogP contribution < -0.4 is 20.5 Å². The van der Waals surface area contributed by atoms with E-state index in [2.05, 4.69) is 27.8 Å². The number of guanidine groups is 1. The van der Waals surface area contributed by atoms with Gasteiger partial charge < -0.3 is 15.4 Å². The van der Waals surface area contributed by atoms with Gasteiger partial charge in [0.05, 0.1) is 17.5 Å². The van der Waals surface area contributed by atoms with E-state index < -0.39 is 10.0 Å². The van der Waals surface area contributed by atoms with Crippen LogP contribution in [-0.2, 0) is 23.1 Å². The highest BCUT2D eigenvalue weighted by atomic mass is 32.2. The molecule has 0 atom stereocenters. The van der Waals surface area contributed by atoms with E-state index >= 15 is 0 Å². The molecule has 0 spiro atoms. The van der Waals surface area contributed by atoms with Gasteiger partial charge in [-0.2, -0.15) is 0 Å². The lowest BCUT2D eigenvalue weighted by Crippen LogP contribution is -2.36. The van der Waals surface area contributed by atoms with Crippen molar-refractivity contribution in [1.82, 2.24) is 10.6 Å². The Balaban J connectivity index is 2.08. The average Bonchev–Trinajstić information content (AvgIpc) is 2.64. The lowest BCUT2D eigenvalue weighted by Gasteiger charge is -2.17. The molecular formula is C21H30N4O3S. The molecule has 0 radical (unpaired) electrons. The second-order valence-electron chi connectivity index (χ2n) is 7.02. The third-order valence-corrected chi connectivity index (χ3v) is 4.98. The van der Waals surface area contributed by atoms with Gasteiger partial charge in [-0.1, -0.05) is 24.3 Å². The van der Waals surface area contributed by atoms with E-state index in [1.807, 2.05) is 33.8 Å². The lowest BCUT2D eigenvalue weighted by atomic mass is 10.1. The molecule has 2 aromatic rings. The number of hydrogen-bond acceptors (Lipinski definition) is 4. The Morgan fingerprint density at radius 2 is 1.83 bits per heavy atom. The first kappa shape index (κ1) is 22.7. The summed E-state index contributed by atoms with van der Waals surface area (Å²) in [7, 11) is -3.69. The van der Waals surface area contributed by atoms with Gasteiger partial charge in [0.1, 0.15) is 5.75 Å². The normalized spacial score (nSPS) is 12.1. The summed E-state index contributed by atoms with van der Waals surface area (Å²) in [6, 6.07) is 12.5. The van der Waals surface area contributed by atoms with Crippen molar-refractivity contribution in [1.29, 1.82) is 0 Å². The Kier molecular flexibility index (Phi) is 8.04. The Morgan fingerprint density at radius 1 is 1.14 bits per heavy atom. The maximum absolute atomic E-state index is 11.4. The van der Waals surface area contributed by atoms with E-state index in [1.165, 1.54) is 12.1 Å². The molecule has 0 aliphatic carbocycles. The van der Waals surface area contributed by atoms with E-state index in [4.69, 9.17) is 9.88 Å². The van der Waals surface area contributed by atoms with Crippen molar-refractivity contribution in [2.75, 3.05) is 6.54 Å². The minimum Gasteiger partial charge on any atom is -0.491 e. The van der Waals surface area contributed by atoms with Gasteiger partial charge in [0.25, 0.3) is 0 Å². The fraction of sp³-hybridized carbons (Fsp3) is 0.381. The van der Waals surface area contributed by atoms with Crippen LogP contribution in [0.5, 0.6) is 5.75 Å². The summed E-state index contributed by atoms with van der Waals surface area (Å²) in [5.41, 5.74) is 3.08. The molecule has 2 aromatic carbocycles. The number of hydrogen-bond donors (Lipinski definition) is 3. The van der Waals surface area contributed by atoms with Gasteiger partial charge in [-0.15, -0.1) is 0 Å². The molecule has 0 fully saturated rings. The summed E-state index contributed by atoms with van der Waals surface area (Å²) in [6.07, 6.45) is 0.0951. The SMILES string of the molecule is CCNC(=NCc1ccc(S(N)(=O)=O)cc1)NCc1ccc(C)cc1OC(C)C. The molecule has 0 saturated carbocycles. The zero-order valence-electron chi connectivity index (χ0n) is 17.4. The minimum atomic E-state index is -3.69. The van der Waals surface area contributed by atoms with E-state index in [9.17, 15) is 8.42 Å². The van der Waals surface area contributed by atoms with Crippen molar-refractivity contribution in [3.63, 3.8) is 0 Å². The highest BCUT2D eigenvalue weighted by Crippen LogP contribution is 2.21. The van der Waals surface area contributed by atoms with Crippen LogP contribution in [0.3, 0.4) is 0 Å². The quantitative estimate of drug-likeness (QED) is 0.451. The Labute approximate surface area is 173 Å². The molecule has 0 unspecified atom stereocenters. The molecule has 8 heteroatoms. The molecule has 7 nitrogen and oxygen atoms in total. The van der Waals surface area contributed by atoms with Gasteiger partial charge in [-0.05, 0) is 57.0 Å². The number of nitrogens with two attached hydrogens (primary N) is 1. The number of benzene rings is 2. The predicted molar refractivity (Wildman–Crippen MR) is 116 cm³/mol. The summed E-state index contributed by atoms with van der Waals surface area (Å²) in [5, 5.41) is 11.7. The van der Waals surface area contributed by atoms with Crippen LogP contribution in [0.15, 0.2) is 52.4 Å². The van der Waals surface area contributed by atoms with Gasteiger partial charge in [-0.25, -0.2) is 18.5 Å². The molecule has 29 heavy (non-hydrogen) atoms. The van der Waals surface area contributed by atoms with Gasteiger partial charge in [0.2, 0.25) is 10.0 Å². The first-order chi connectivity index (χ1) is 13.7. The summed E-state index contributed by atoms with van der Waals surface area (Å²) in [5.74, 6) is 1.53. The van der Waals surface area contributed by atoms with E-state index in [0.717, 1.165) is 29.0 Å². The number of rotatable bonds is 8. The summed E-state index contributed by atoms with van der Waals surface area (Å²) in [4.78, 5) is 4.66. The maximum Gasteiger partial charge on any atom is 0.238 e. The molecule has 0 aromatic heterocycles. The Morgan fingerprint density at radius 3 is 2.41 bits per heavy atom. The molecule has 0 aliphatic rings. The maximum atomic E-state index is 11.4. The molecule has 0 heterocycles. The first-order valence-electron chi connectivity index (χ1n) is 9.59. The van der Waals surface area contributed by atoms with E-state index in [1.54, 1.807) is 12.1 Å². The fourth-order valence-corrected chi connectivity index (χ4v) is 3.16. The number of aliphatic imine (C=N–C) groups is 1. The minimum absolute atomic E-state index is 0.0901. The molecule has 158 valence electrons. The number of sulfonamides is 1. The molecule has 0 amide bonds. The van der Waals surface area contributed by atoms with Gasteiger partial charge in [0.15, 0.2) is 5.96 Å². The zero-order valence-corrected chi connectivity index (χ0v) is 18.2. The third kappa shape index (κ3) is 7.40. The number of aryl methyl sites for hydroxylation is 1. The lowest BCUT2D eigenvalue weighted by molar-refractivity contribution is 0.239. The number of ether oxygens (including phenoxy) is 1. The van der Waals surface area contributed by atoms with Crippen LogP contribution in [0.25, 0.3) is 0 Å². The summed E-state index contributed by atoms with van der Waals surface area (Å²) >= 11 is 0. The van der Waals surface area contributed by atoms with Crippen LogP contribution >= 0.6 is 0 Å². The van der Waals surface area contributed by atoms with Crippen molar-refractivity contribution >= 4 is 16.0 Å². The number of nitrogens with one attached hydrogen (secondary N) is 2. The second kappa shape index (κ2) is 10.3. The number of nitrogens with zero attached hydrogens (tertiary/aromatic N) is 1. The highest BCUT2D eigenvalue weighted by molar-refractivity contribution is 7.89. The van der Waals surface area contributed by atoms with Gasteiger partial charge >= 0.3 is 0 Å². The average molecular weight is 419 g/mol. The van der Waals surface area contributed by atoms with Crippen molar-refractivity contribution in [2.24, 2.45) is 10.1 Å². The smallest absolute Gasteiger partial charge is 0.238 e. The van der Waals surface area contributed by atoms with Crippen molar-refractivity contribution in [3.05, 3.63) is 59.2 Å². The Hall–Kier alpha value is -2.58. The monoisotopic (exact) mass is 418 g/mol. The summed E-state index contributed by atoms with van der Waals surface area (Å²) < 4.78 is 28.6. The van der Waals surface area contributed by atoms with Crippen LogP contribution in [-0.4, -0.2) is 27.0 Å². The topological polar surface area (TPSA) is 106 Å². The van der Waals surface area contributed by atoms with Crippen LogP contribution in [0.2, 0.25) is 0 Å². The van der Waals surface area contributed by atoms with E-state index in [0.29, 0.717) is 19.0 Å². The first-order valence-corrected chi connectivity index (χ1v) is 11.1. The highest BCUT2D eigenvalue weighted by Gasteiger charge is 2.08. The summed E-state index contributed by atoms with van der Waals surface area (Å²) in [6.45, 7) is 9.74. The van der Waals surface area contributed by atoms with Crippen molar-refractivity contribution < 1.29 is 13.2 Å². The van der Waals surface area contributed by atoms with Crippen molar-refractivity contribution in [2.45, 2.75) is 51.8 Å². The largest absolute Gasteiger partial charge is 0.491 e. The van der Waals surface area contributed by atoms with E-state index in [-0.39, 0.29) is 11.0 Å². The Bertz CT molecular complexity index is 939. The fourth-order valence-electron chi connectivity index (χ4n) is 2.65. The van der Waals surface area contributed by atoms with Crippen LogP contribution in [0.4, 0.5) is 0 Å². The molecule has 2 rings (SSSR count).